The Hall–Kier alpha value is -2.00. The summed E-state index contributed by atoms with van der Waals surface area (Å²) < 4.78 is 0. The first-order valence-electron chi connectivity index (χ1n) is 6.51. The fourth-order valence-electron chi connectivity index (χ4n) is 1.72. The lowest BCUT2D eigenvalue weighted by atomic mass is 10.2. The van der Waals surface area contributed by atoms with Crippen molar-refractivity contribution in [2.24, 2.45) is 0 Å². The highest BCUT2D eigenvalue weighted by Gasteiger charge is 2.09. The summed E-state index contributed by atoms with van der Waals surface area (Å²) in [6, 6.07) is 19.8. The molecule has 0 fully saturated rings. The van der Waals surface area contributed by atoms with Crippen LogP contribution in [0.15, 0.2) is 76.5 Å². The van der Waals surface area contributed by atoms with Crippen LogP contribution in [0.4, 0.5) is 0 Å². The van der Waals surface area contributed by atoms with Crippen molar-refractivity contribution in [2.75, 3.05) is 0 Å². The third-order valence-corrected chi connectivity index (χ3v) is 3.90. The maximum atomic E-state index is 12.2. The molecule has 0 aliphatic heterocycles. The summed E-state index contributed by atoms with van der Waals surface area (Å²) in [5.74, 6) is -0.0368. The molecule has 1 amide bonds. The molecule has 0 spiro atoms. The van der Waals surface area contributed by atoms with E-state index in [0.717, 1.165) is 10.5 Å². The predicted molar refractivity (Wildman–Crippen MR) is 84.3 cm³/mol. The molecule has 0 unspecified atom stereocenters. The van der Waals surface area contributed by atoms with Crippen LogP contribution in [0.1, 0.15) is 12.5 Å². The Balaban J connectivity index is 1.93. The Morgan fingerprint density at radius 3 is 2.25 bits per heavy atom. The van der Waals surface area contributed by atoms with Gasteiger partial charge < -0.3 is 5.32 Å². The summed E-state index contributed by atoms with van der Waals surface area (Å²) >= 11 is 1.48. The number of nitrogens with one attached hydrogen (secondary N) is 1. The fourth-order valence-corrected chi connectivity index (χ4v) is 2.55. The van der Waals surface area contributed by atoms with Crippen molar-refractivity contribution in [1.82, 2.24) is 5.32 Å². The van der Waals surface area contributed by atoms with Crippen LogP contribution in [0.25, 0.3) is 0 Å². The van der Waals surface area contributed by atoms with Gasteiger partial charge in [0.05, 0.1) is 4.91 Å². The molecule has 0 aliphatic rings. The second-order valence-electron chi connectivity index (χ2n) is 4.24. The summed E-state index contributed by atoms with van der Waals surface area (Å²) in [5.41, 5.74) is 1.10. The van der Waals surface area contributed by atoms with Crippen molar-refractivity contribution in [3.05, 3.63) is 77.2 Å². The minimum atomic E-state index is -0.0368. The smallest absolute Gasteiger partial charge is 0.257 e. The van der Waals surface area contributed by atoms with Crippen LogP contribution < -0.4 is 5.32 Å². The van der Waals surface area contributed by atoms with Gasteiger partial charge >= 0.3 is 0 Å². The molecule has 0 heterocycles. The normalized spacial score (nSPS) is 11.2. The second-order valence-corrected chi connectivity index (χ2v) is 5.35. The summed E-state index contributed by atoms with van der Waals surface area (Å²) in [6.45, 7) is 2.43. The zero-order valence-electron chi connectivity index (χ0n) is 11.4. The van der Waals surface area contributed by atoms with E-state index in [1.165, 1.54) is 11.8 Å². The van der Waals surface area contributed by atoms with Gasteiger partial charge in [0.1, 0.15) is 0 Å². The molecule has 2 nitrogen and oxygen atoms in total. The molecule has 2 rings (SSSR count). The topological polar surface area (TPSA) is 29.1 Å². The molecule has 0 bridgehead atoms. The molecule has 2 aromatic rings. The van der Waals surface area contributed by atoms with Crippen LogP contribution in [0.3, 0.4) is 0 Å². The molecular weight excluding hydrogens is 266 g/mol. The van der Waals surface area contributed by atoms with E-state index in [2.05, 4.69) is 5.32 Å². The van der Waals surface area contributed by atoms with E-state index in [4.69, 9.17) is 0 Å². The van der Waals surface area contributed by atoms with E-state index < -0.39 is 0 Å². The van der Waals surface area contributed by atoms with Gasteiger partial charge in [0.2, 0.25) is 0 Å². The van der Waals surface area contributed by atoms with E-state index in [-0.39, 0.29) is 5.91 Å². The number of thioether (sulfide) groups is 1. The number of hydrogen-bond acceptors (Lipinski definition) is 2. The number of rotatable bonds is 5. The third-order valence-electron chi connectivity index (χ3n) is 2.75. The van der Waals surface area contributed by atoms with E-state index >= 15 is 0 Å². The predicted octanol–water partition coefficient (Wildman–Crippen LogP) is 4.00. The number of allylic oxidation sites excluding steroid dienone is 1. The highest BCUT2D eigenvalue weighted by molar-refractivity contribution is 8.04. The van der Waals surface area contributed by atoms with Gasteiger partial charge in [0, 0.05) is 11.4 Å². The quantitative estimate of drug-likeness (QED) is 0.664. The molecule has 0 saturated heterocycles. The van der Waals surface area contributed by atoms with E-state index in [9.17, 15) is 4.79 Å². The van der Waals surface area contributed by atoms with Crippen LogP contribution >= 0.6 is 11.8 Å². The van der Waals surface area contributed by atoms with Gasteiger partial charge in [-0.15, -0.1) is 0 Å². The average Bonchev–Trinajstić information content (AvgIpc) is 2.52. The molecule has 20 heavy (non-hydrogen) atoms. The van der Waals surface area contributed by atoms with Crippen LogP contribution in [-0.2, 0) is 11.3 Å². The van der Waals surface area contributed by atoms with Crippen LogP contribution in [0, 0.1) is 0 Å². The molecule has 0 saturated carbocycles. The Morgan fingerprint density at radius 2 is 1.65 bits per heavy atom. The van der Waals surface area contributed by atoms with Crippen molar-refractivity contribution in [3.63, 3.8) is 0 Å². The van der Waals surface area contributed by atoms with E-state index in [1.54, 1.807) is 0 Å². The number of hydrogen-bond donors (Lipinski definition) is 1. The van der Waals surface area contributed by atoms with Gasteiger partial charge in [-0.3, -0.25) is 4.79 Å². The summed E-state index contributed by atoms with van der Waals surface area (Å²) in [6.07, 6.45) is 1.85. The lowest BCUT2D eigenvalue weighted by molar-refractivity contribution is -0.116. The molecule has 1 N–H and O–H groups in total. The monoisotopic (exact) mass is 283 g/mol. The Morgan fingerprint density at radius 1 is 1.05 bits per heavy atom. The summed E-state index contributed by atoms with van der Waals surface area (Å²) in [7, 11) is 0. The number of benzene rings is 2. The molecule has 0 aliphatic carbocycles. The molecule has 0 radical (unpaired) electrons. The zero-order valence-corrected chi connectivity index (χ0v) is 12.2. The van der Waals surface area contributed by atoms with Gasteiger partial charge in [-0.1, -0.05) is 66.4 Å². The number of amides is 1. The maximum Gasteiger partial charge on any atom is 0.257 e. The van der Waals surface area contributed by atoms with Crippen LogP contribution in [0.2, 0.25) is 0 Å². The molecular formula is C17H17NOS. The average molecular weight is 283 g/mol. The highest BCUT2D eigenvalue weighted by atomic mass is 32.2. The lowest BCUT2D eigenvalue weighted by Crippen LogP contribution is -2.23. The second kappa shape index (κ2) is 7.56. The van der Waals surface area contributed by atoms with Crippen LogP contribution in [-0.4, -0.2) is 5.91 Å². The van der Waals surface area contributed by atoms with Gasteiger partial charge in [-0.2, -0.15) is 0 Å². The third kappa shape index (κ3) is 4.28. The molecule has 0 aromatic heterocycles. The Labute approximate surface area is 123 Å². The van der Waals surface area contributed by atoms with Crippen molar-refractivity contribution < 1.29 is 4.79 Å². The standard InChI is InChI=1S/C17H17NOS/c1-2-16(20-15-11-7-4-8-12-15)17(19)18-13-14-9-5-3-6-10-14/h2-12H,13H2,1H3,(H,18,19)/b16-2+. The zero-order chi connectivity index (χ0) is 14.2. The fraction of sp³-hybridized carbons (Fsp3) is 0.118. The van der Waals surface area contributed by atoms with Crippen molar-refractivity contribution in [2.45, 2.75) is 18.4 Å². The maximum absolute atomic E-state index is 12.2. The first-order chi connectivity index (χ1) is 9.79. The van der Waals surface area contributed by atoms with E-state index in [0.29, 0.717) is 11.4 Å². The minimum absolute atomic E-state index is 0.0368. The number of carbonyl (C=O) groups is 1. The summed E-state index contributed by atoms with van der Waals surface area (Å²) in [4.78, 5) is 13.9. The van der Waals surface area contributed by atoms with E-state index in [1.807, 2.05) is 73.7 Å². The molecule has 2 aromatic carbocycles. The molecule has 3 heteroatoms. The van der Waals surface area contributed by atoms with Gasteiger partial charge in [0.25, 0.3) is 5.91 Å². The highest BCUT2D eigenvalue weighted by Crippen LogP contribution is 2.26. The van der Waals surface area contributed by atoms with Gasteiger partial charge in [-0.25, -0.2) is 0 Å². The van der Waals surface area contributed by atoms with Crippen molar-refractivity contribution in [1.29, 1.82) is 0 Å². The first-order valence-corrected chi connectivity index (χ1v) is 7.32. The largest absolute Gasteiger partial charge is 0.348 e. The van der Waals surface area contributed by atoms with Crippen LogP contribution in [0.5, 0.6) is 0 Å². The SMILES string of the molecule is C/C=C(/Sc1ccccc1)C(=O)NCc1ccccc1. The van der Waals surface area contributed by atoms with Gasteiger partial charge in [-0.05, 0) is 24.6 Å². The number of carbonyl (C=O) groups excluding carboxylic acids is 1. The van der Waals surface area contributed by atoms with Crippen molar-refractivity contribution >= 4 is 17.7 Å². The first kappa shape index (κ1) is 14.4. The Bertz CT molecular complexity index is 578. The molecule has 0 atom stereocenters. The Kier molecular flexibility index (Phi) is 5.44. The molecule has 102 valence electrons. The lowest BCUT2D eigenvalue weighted by Gasteiger charge is -2.08. The van der Waals surface area contributed by atoms with Gasteiger partial charge in [0.15, 0.2) is 0 Å². The summed E-state index contributed by atoms with van der Waals surface area (Å²) in [5, 5.41) is 2.94. The minimum Gasteiger partial charge on any atom is -0.348 e. The van der Waals surface area contributed by atoms with Crippen molar-refractivity contribution in [3.8, 4) is 0 Å².